The minimum absolute atomic E-state index is 0.517. The van der Waals surface area contributed by atoms with Crippen molar-refractivity contribution in [3.63, 3.8) is 0 Å². The van der Waals surface area contributed by atoms with Gasteiger partial charge in [-0.15, -0.1) is 0 Å². The summed E-state index contributed by atoms with van der Waals surface area (Å²) < 4.78 is 27.6. The fraction of sp³-hybridized carbons (Fsp3) is 0.185. The van der Waals surface area contributed by atoms with Crippen LogP contribution in [0.1, 0.15) is 0 Å². The maximum absolute atomic E-state index is 5.64. The molecule has 0 bridgehead atoms. The number of hydrogen-bond acceptors (Lipinski definition) is 7. The molecule has 7 heteroatoms. The van der Waals surface area contributed by atoms with Crippen LogP contribution < -0.4 is 23.7 Å². The molecule has 0 N–H and O–H groups in total. The number of rotatable bonds is 8. The zero-order valence-corrected chi connectivity index (χ0v) is 19.8. The first-order valence-corrected chi connectivity index (χ1v) is 10.6. The van der Waals surface area contributed by atoms with Gasteiger partial charge in [-0.2, -0.15) is 0 Å². The predicted octanol–water partition coefficient (Wildman–Crippen LogP) is 5.52. The molecule has 0 amide bonds. The molecule has 0 unspecified atom stereocenters. The molecule has 0 saturated carbocycles. The van der Waals surface area contributed by atoms with E-state index in [1.54, 1.807) is 35.5 Å². The van der Waals surface area contributed by atoms with Crippen LogP contribution in [0.4, 0.5) is 0 Å². The van der Waals surface area contributed by atoms with Crippen molar-refractivity contribution in [1.29, 1.82) is 0 Å². The van der Waals surface area contributed by atoms with Crippen LogP contribution in [-0.2, 0) is 0 Å². The Morgan fingerprint density at radius 3 is 1.76 bits per heavy atom. The van der Waals surface area contributed by atoms with Gasteiger partial charge in [-0.05, 0) is 30.3 Å². The van der Waals surface area contributed by atoms with E-state index >= 15 is 0 Å². The highest BCUT2D eigenvalue weighted by Crippen LogP contribution is 2.42. The zero-order chi connectivity index (χ0) is 24.1. The molecule has 0 aliphatic heterocycles. The van der Waals surface area contributed by atoms with Gasteiger partial charge in [0.2, 0.25) is 5.75 Å². The molecule has 1 heterocycles. The summed E-state index contributed by atoms with van der Waals surface area (Å²) >= 11 is 0. The van der Waals surface area contributed by atoms with Crippen molar-refractivity contribution in [2.45, 2.75) is 0 Å². The molecule has 4 rings (SSSR count). The molecule has 0 aliphatic rings. The fourth-order valence-electron chi connectivity index (χ4n) is 3.69. The molecule has 0 atom stereocenters. The van der Waals surface area contributed by atoms with Crippen LogP contribution in [0.3, 0.4) is 0 Å². The maximum atomic E-state index is 5.64. The minimum Gasteiger partial charge on any atom is -0.497 e. The molecule has 34 heavy (non-hydrogen) atoms. The lowest BCUT2D eigenvalue weighted by molar-refractivity contribution is 0.324. The van der Waals surface area contributed by atoms with Crippen LogP contribution in [0.15, 0.2) is 66.7 Å². The highest BCUT2D eigenvalue weighted by atomic mass is 16.5. The first-order valence-electron chi connectivity index (χ1n) is 10.6. The average Bonchev–Trinajstić information content (AvgIpc) is 2.91. The Morgan fingerprint density at radius 2 is 1.18 bits per heavy atom. The van der Waals surface area contributed by atoms with E-state index in [0.29, 0.717) is 46.0 Å². The quantitative estimate of drug-likeness (QED) is 0.344. The molecule has 0 saturated heterocycles. The van der Waals surface area contributed by atoms with Crippen LogP contribution in [0, 0.1) is 0 Å². The molecule has 0 spiro atoms. The van der Waals surface area contributed by atoms with E-state index in [0.717, 1.165) is 16.7 Å². The van der Waals surface area contributed by atoms with E-state index in [1.807, 2.05) is 66.7 Å². The molecule has 0 fully saturated rings. The number of nitrogens with zero attached hydrogens (tertiary/aromatic N) is 2. The smallest absolute Gasteiger partial charge is 0.203 e. The van der Waals surface area contributed by atoms with E-state index in [1.165, 1.54) is 0 Å². The molecule has 1 aromatic heterocycles. The Labute approximate surface area is 198 Å². The lowest BCUT2D eigenvalue weighted by Gasteiger charge is -2.15. The third-order valence-corrected chi connectivity index (χ3v) is 5.40. The van der Waals surface area contributed by atoms with Crippen LogP contribution >= 0.6 is 0 Å². The average molecular weight is 459 g/mol. The van der Waals surface area contributed by atoms with Crippen molar-refractivity contribution in [3.8, 4) is 62.7 Å². The van der Waals surface area contributed by atoms with E-state index in [-0.39, 0.29) is 0 Å². The predicted molar refractivity (Wildman–Crippen MR) is 131 cm³/mol. The van der Waals surface area contributed by atoms with Crippen LogP contribution in [-0.4, -0.2) is 45.5 Å². The number of benzene rings is 3. The lowest BCUT2D eigenvalue weighted by Crippen LogP contribution is -1.99. The summed E-state index contributed by atoms with van der Waals surface area (Å²) in [5.41, 5.74) is 3.91. The number of aromatic nitrogens is 2. The minimum atomic E-state index is 0.517. The lowest BCUT2D eigenvalue weighted by atomic mass is 10.0. The van der Waals surface area contributed by atoms with Gasteiger partial charge >= 0.3 is 0 Å². The Morgan fingerprint density at radius 1 is 0.529 bits per heavy atom. The highest BCUT2D eigenvalue weighted by Gasteiger charge is 2.18. The van der Waals surface area contributed by atoms with Crippen molar-refractivity contribution >= 4 is 0 Å². The van der Waals surface area contributed by atoms with Crippen molar-refractivity contribution in [2.24, 2.45) is 0 Å². The second kappa shape index (κ2) is 10.1. The molecule has 3 aromatic carbocycles. The SMILES string of the molecule is COc1ccc(-c2cc(-c3cc(OC)c(OC)c(OC)c3)nc(-c3ccccc3)n2)c(OC)c1. The van der Waals surface area contributed by atoms with Crippen molar-refractivity contribution in [2.75, 3.05) is 35.5 Å². The van der Waals surface area contributed by atoms with Gasteiger partial charge in [-0.3, -0.25) is 0 Å². The van der Waals surface area contributed by atoms with E-state index in [2.05, 4.69) is 0 Å². The van der Waals surface area contributed by atoms with E-state index in [9.17, 15) is 0 Å². The Balaban J connectivity index is 1.96. The van der Waals surface area contributed by atoms with Gasteiger partial charge in [0.25, 0.3) is 0 Å². The summed E-state index contributed by atoms with van der Waals surface area (Å²) in [7, 11) is 7.99. The van der Waals surface area contributed by atoms with Crippen molar-refractivity contribution in [3.05, 3.63) is 66.7 Å². The summed E-state index contributed by atoms with van der Waals surface area (Å²) in [5.74, 6) is 3.53. The molecule has 4 aromatic rings. The zero-order valence-electron chi connectivity index (χ0n) is 19.8. The summed E-state index contributed by atoms with van der Waals surface area (Å²) in [5, 5.41) is 0. The van der Waals surface area contributed by atoms with Gasteiger partial charge in [0.1, 0.15) is 11.5 Å². The summed E-state index contributed by atoms with van der Waals surface area (Å²) in [4.78, 5) is 9.73. The Hall–Kier alpha value is -4.26. The second-order valence-corrected chi connectivity index (χ2v) is 7.31. The van der Waals surface area contributed by atoms with Crippen molar-refractivity contribution < 1.29 is 23.7 Å². The number of ether oxygens (including phenoxy) is 5. The van der Waals surface area contributed by atoms with Gasteiger partial charge < -0.3 is 23.7 Å². The molecule has 0 radical (unpaired) electrons. The van der Waals surface area contributed by atoms with Gasteiger partial charge in [-0.25, -0.2) is 9.97 Å². The van der Waals surface area contributed by atoms with Crippen LogP contribution in [0.25, 0.3) is 33.9 Å². The van der Waals surface area contributed by atoms with Crippen molar-refractivity contribution in [1.82, 2.24) is 9.97 Å². The van der Waals surface area contributed by atoms with Gasteiger partial charge in [0.15, 0.2) is 17.3 Å². The molecule has 0 aliphatic carbocycles. The summed E-state index contributed by atoms with van der Waals surface area (Å²) in [6.07, 6.45) is 0. The molecule has 174 valence electrons. The largest absolute Gasteiger partial charge is 0.497 e. The fourth-order valence-corrected chi connectivity index (χ4v) is 3.69. The highest BCUT2D eigenvalue weighted by molar-refractivity contribution is 5.77. The molecule has 7 nitrogen and oxygen atoms in total. The normalized spacial score (nSPS) is 10.5. The Kier molecular flexibility index (Phi) is 6.82. The molecular weight excluding hydrogens is 432 g/mol. The number of methoxy groups -OCH3 is 5. The maximum Gasteiger partial charge on any atom is 0.203 e. The summed E-state index contributed by atoms with van der Waals surface area (Å²) in [6.45, 7) is 0. The monoisotopic (exact) mass is 458 g/mol. The van der Waals surface area contributed by atoms with Gasteiger partial charge in [-0.1, -0.05) is 30.3 Å². The first-order chi connectivity index (χ1) is 16.6. The third kappa shape index (κ3) is 4.45. The van der Waals surface area contributed by atoms with Gasteiger partial charge in [0.05, 0.1) is 46.9 Å². The number of hydrogen-bond donors (Lipinski definition) is 0. The Bertz CT molecular complexity index is 1270. The standard InChI is InChI=1S/C27H26N2O5/c1-30-19-11-12-20(23(15-19)31-2)22-16-21(28-27(29-22)17-9-7-6-8-10-17)18-13-24(32-3)26(34-5)25(14-18)33-4/h6-16H,1-5H3. The topological polar surface area (TPSA) is 71.9 Å². The van der Waals surface area contributed by atoms with E-state index in [4.69, 9.17) is 33.7 Å². The second-order valence-electron chi connectivity index (χ2n) is 7.31. The van der Waals surface area contributed by atoms with Crippen LogP contribution in [0.5, 0.6) is 28.7 Å². The first kappa shape index (κ1) is 22.9. The summed E-state index contributed by atoms with van der Waals surface area (Å²) in [6, 6.07) is 21.1. The third-order valence-electron chi connectivity index (χ3n) is 5.40. The van der Waals surface area contributed by atoms with Gasteiger partial charge in [0, 0.05) is 22.8 Å². The van der Waals surface area contributed by atoms with E-state index < -0.39 is 0 Å². The van der Waals surface area contributed by atoms with Crippen LogP contribution in [0.2, 0.25) is 0 Å². The molecular formula is C27H26N2O5.